The number of carbonyl (C=O) groups is 1. The Kier molecular flexibility index (Phi) is 5.16. The molecule has 4 rings (SSSR count). The van der Waals surface area contributed by atoms with Crippen LogP contribution in [0.25, 0.3) is 0 Å². The van der Waals surface area contributed by atoms with Gasteiger partial charge >= 0.3 is 0 Å². The van der Waals surface area contributed by atoms with Gasteiger partial charge in [-0.15, -0.1) is 12.4 Å². The van der Waals surface area contributed by atoms with Crippen LogP contribution in [0.1, 0.15) is 37.7 Å². The van der Waals surface area contributed by atoms with Crippen molar-refractivity contribution in [2.45, 2.75) is 37.5 Å². The molecule has 1 aliphatic carbocycles. The van der Waals surface area contributed by atoms with Gasteiger partial charge in [0.15, 0.2) is 0 Å². The first-order valence-electron chi connectivity index (χ1n) is 8.95. The van der Waals surface area contributed by atoms with Crippen molar-refractivity contribution >= 4 is 18.3 Å². The molecule has 3 nitrogen and oxygen atoms in total. The van der Waals surface area contributed by atoms with Crippen molar-refractivity contribution in [3.63, 3.8) is 0 Å². The zero-order chi connectivity index (χ0) is 15.9. The van der Waals surface area contributed by atoms with Gasteiger partial charge in [-0.1, -0.05) is 31.4 Å². The third kappa shape index (κ3) is 2.95. The summed E-state index contributed by atoms with van der Waals surface area (Å²) in [4.78, 5) is 15.5. The quantitative estimate of drug-likeness (QED) is 0.887. The molecule has 24 heavy (non-hydrogen) atoms. The number of nitrogens with one attached hydrogen (secondary N) is 1. The van der Waals surface area contributed by atoms with Gasteiger partial charge in [-0.05, 0) is 42.4 Å². The Morgan fingerprint density at radius 1 is 1.12 bits per heavy atom. The standard InChI is InChI=1S/C19H25FN2O.ClH/c20-17-6-4-5-16(9-17)19(7-2-1-3-8-19)18(23)22-12-14-10-21-11-15(14)13-22;/h4-6,9,14-15,21H,1-3,7-8,10-13H2;1H/t14-,15+;. The Morgan fingerprint density at radius 3 is 2.42 bits per heavy atom. The van der Waals surface area contributed by atoms with Gasteiger partial charge in [0.1, 0.15) is 5.82 Å². The first-order chi connectivity index (χ1) is 11.2. The molecule has 0 unspecified atom stereocenters. The lowest BCUT2D eigenvalue weighted by Crippen LogP contribution is -2.48. The van der Waals surface area contributed by atoms with E-state index in [1.54, 1.807) is 12.1 Å². The van der Waals surface area contributed by atoms with Gasteiger partial charge in [0.25, 0.3) is 0 Å². The molecule has 2 atom stereocenters. The molecule has 2 saturated heterocycles. The van der Waals surface area contributed by atoms with E-state index in [4.69, 9.17) is 0 Å². The maximum absolute atomic E-state index is 13.8. The van der Waals surface area contributed by atoms with Crippen molar-refractivity contribution in [3.05, 3.63) is 35.6 Å². The van der Waals surface area contributed by atoms with Crippen LogP contribution in [0.5, 0.6) is 0 Å². The predicted molar refractivity (Wildman–Crippen MR) is 94.8 cm³/mol. The van der Waals surface area contributed by atoms with Crippen LogP contribution >= 0.6 is 12.4 Å². The summed E-state index contributed by atoms with van der Waals surface area (Å²) in [6.07, 6.45) is 5.02. The number of halogens is 2. The first kappa shape index (κ1) is 17.7. The van der Waals surface area contributed by atoms with Gasteiger partial charge in [-0.25, -0.2) is 4.39 Å². The number of carbonyl (C=O) groups excluding carboxylic acids is 1. The molecule has 1 amide bonds. The van der Waals surface area contributed by atoms with E-state index >= 15 is 0 Å². The van der Waals surface area contributed by atoms with Crippen molar-refractivity contribution in [1.82, 2.24) is 10.2 Å². The van der Waals surface area contributed by atoms with Crippen molar-refractivity contribution in [2.75, 3.05) is 26.2 Å². The van der Waals surface area contributed by atoms with E-state index in [1.807, 2.05) is 6.07 Å². The van der Waals surface area contributed by atoms with E-state index in [2.05, 4.69) is 10.2 Å². The summed E-state index contributed by atoms with van der Waals surface area (Å²) in [7, 11) is 0. The summed E-state index contributed by atoms with van der Waals surface area (Å²) in [5.41, 5.74) is 0.393. The molecule has 132 valence electrons. The smallest absolute Gasteiger partial charge is 0.233 e. The van der Waals surface area contributed by atoms with Gasteiger partial charge in [0.05, 0.1) is 5.41 Å². The van der Waals surface area contributed by atoms with Crippen LogP contribution in [0.15, 0.2) is 24.3 Å². The van der Waals surface area contributed by atoms with Crippen LogP contribution in [0.2, 0.25) is 0 Å². The summed E-state index contributed by atoms with van der Waals surface area (Å²) in [5.74, 6) is 1.22. The Morgan fingerprint density at radius 2 is 1.79 bits per heavy atom. The van der Waals surface area contributed by atoms with E-state index in [0.717, 1.165) is 57.4 Å². The fraction of sp³-hybridized carbons (Fsp3) is 0.632. The van der Waals surface area contributed by atoms with Gasteiger partial charge in [-0.2, -0.15) is 0 Å². The number of hydrogen-bond donors (Lipinski definition) is 1. The molecule has 0 aromatic heterocycles. The zero-order valence-corrected chi connectivity index (χ0v) is 14.8. The highest BCUT2D eigenvalue weighted by Gasteiger charge is 2.47. The second kappa shape index (κ2) is 7.01. The van der Waals surface area contributed by atoms with Crippen LogP contribution in [-0.2, 0) is 10.2 Å². The summed E-state index contributed by atoms with van der Waals surface area (Å²) < 4.78 is 13.8. The molecule has 1 N–H and O–H groups in total. The minimum atomic E-state index is -0.494. The first-order valence-corrected chi connectivity index (χ1v) is 8.95. The van der Waals surface area contributed by atoms with Crippen LogP contribution in [-0.4, -0.2) is 37.0 Å². The van der Waals surface area contributed by atoms with Gasteiger partial charge < -0.3 is 10.2 Å². The van der Waals surface area contributed by atoms with E-state index in [9.17, 15) is 9.18 Å². The number of likely N-dealkylation sites (tertiary alicyclic amines) is 1. The van der Waals surface area contributed by atoms with Crippen LogP contribution in [0.4, 0.5) is 4.39 Å². The minimum Gasteiger partial charge on any atom is -0.341 e. The fourth-order valence-corrected chi connectivity index (χ4v) is 4.89. The second-order valence-electron chi connectivity index (χ2n) is 7.54. The monoisotopic (exact) mass is 352 g/mol. The molecular formula is C19H26ClFN2O. The molecular weight excluding hydrogens is 327 g/mol. The number of hydrogen-bond acceptors (Lipinski definition) is 2. The Labute approximate surface area is 149 Å². The van der Waals surface area contributed by atoms with Gasteiger partial charge in [0, 0.05) is 26.2 Å². The molecule has 3 aliphatic rings. The Balaban J connectivity index is 0.00000169. The highest BCUT2D eigenvalue weighted by atomic mass is 35.5. The van der Waals surface area contributed by atoms with E-state index in [-0.39, 0.29) is 24.1 Å². The third-order valence-electron chi connectivity index (χ3n) is 6.17. The average Bonchev–Trinajstić information content (AvgIpc) is 3.16. The lowest BCUT2D eigenvalue weighted by atomic mass is 9.68. The highest BCUT2D eigenvalue weighted by molar-refractivity contribution is 5.88. The molecule has 0 spiro atoms. The molecule has 0 bridgehead atoms. The topological polar surface area (TPSA) is 32.3 Å². The summed E-state index contributed by atoms with van der Waals surface area (Å²) in [6.45, 7) is 3.80. The average molecular weight is 353 g/mol. The third-order valence-corrected chi connectivity index (χ3v) is 6.17. The number of rotatable bonds is 2. The number of benzene rings is 1. The van der Waals surface area contributed by atoms with Crippen molar-refractivity contribution in [3.8, 4) is 0 Å². The molecule has 2 aliphatic heterocycles. The van der Waals surface area contributed by atoms with Crippen molar-refractivity contribution in [1.29, 1.82) is 0 Å². The Hall–Kier alpha value is -1.13. The largest absolute Gasteiger partial charge is 0.341 e. The summed E-state index contributed by atoms with van der Waals surface area (Å²) in [5, 5.41) is 3.42. The van der Waals surface area contributed by atoms with Gasteiger partial charge in [-0.3, -0.25) is 4.79 Å². The summed E-state index contributed by atoms with van der Waals surface area (Å²) >= 11 is 0. The maximum Gasteiger partial charge on any atom is 0.233 e. The van der Waals surface area contributed by atoms with E-state index < -0.39 is 5.41 Å². The zero-order valence-electron chi connectivity index (χ0n) is 14.0. The lowest BCUT2D eigenvalue weighted by Gasteiger charge is -2.39. The van der Waals surface area contributed by atoms with Gasteiger partial charge in [0.2, 0.25) is 5.91 Å². The van der Waals surface area contributed by atoms with Crippen LogP contribution < -0.4 is 5.32 Å². The molecule has 0 radical (unpaired) electrons. The molecule has 1 saturated carbocycles. The van der Waals surface area contributed by atoms with Crippen molar-refractivity contribution < 1.29 is 9.18 Å². The number of nitrogens with zero attached hydrogens (tertiary/aromatic N) is 1. The molecule has 3 fully saturated rings. The molecule has 1 aromatic rings. The highest BCUT2D eigenvalue weighted by Crippen LogP contribution is 2.42. The SMILES string of the molecule is Cl.O=C(N1C[C@H]2CNC[C@H]2C1)C1(c2cccc(F)c2)CCCCC1. The van der Waals surface area contributed by atoms with E-state index in [0.29, 0.717) is 11.8 Å². The fourth-order valence-electron chi connectivity index (χ4n) is 4.89. The lowest BCUT2D eigenvalue weighted by molar-refractivity contribution is -0.138. The van der Waals surface area contributed by atoms with Crippen LogP contribution in [0, 0.1) is 17.7 Å². The molecule has 5 heteroatoms. The van der Waals surface area contributed by atoms with Crippen LogP contribution in [0.3, 0.4) is 0 Å². The van der Waals surface area contributed by atoms with Crippen molar-refractivity contribution in [2.24, 2.45) is 11.8 Å². The molecule has 1 aromatic carbocycles. The predicted octanol–water partition coefficient (Wildman–Crippen LogP) is 3.13. The number of amides is 1. The second-order valence-corrected chi connectivity index (χ2v) is 7.54. The summed E-state index contributed by atoms with van der Waals surface area (Å²) in [6, 6.07) is 6.75. The minimum absolute atomic E-state index is 0. The molecule has 2 heterocycles. The van der Waals surface area contributed by atoms with E-state index in [1.165, 1.54) is 12.5 Å². The maximum atomic E-state index is 13.8. The Bertz CT molecular complexity index is 591. The number of fused-ring (bicyclic) bond motifs is 1. The normalized spacial score (nSPS) is 28.3.